The second kappa shape index (κ2) is 4.67. The monoisotopic (exact) mass is 249 g/mol. The zero-order valence-electron chi connectivity index (χ0n) is 10.4. The van der Waals surface area contributed by atoms with Gasteiger partial charge in [-0.3, -0.25) is 0 Å². The minimum absolute atomic E-state index is 0.738. The molecule has 0 aliphatic rings. The molecule has 0 atom stereocenters. The van der Waals surface area contributed by atoms with Crippen LogP contribution >= 0.6 is 11.5 Å². The maximum absolute atomic E-state index is 4.43. The van der Waals surface area contributed by atoms with Crippen LogP contribution in [0.2, 0.25) is 0 Å². The van der Waals surface area contributed by atoms with Gasteiger partial charge in [0.2, 0.25) is 5.95 Å². The summed E-state index contributed by atoms with van der Waals surface area (Å²) >= 11 is 1.39. The summed E-state index contributed by atoms with van der Waals surface area (Å²) in [6.07, 6.45) is 1.83. The Morgan fingerprint density at radius 1 is 1.06 bits per heavy atom. The molecule has 6 heteroatoms. The number of hydrogen-bond acceptors (Lipinski definition) is 6. The molecule has 0 aromatic carbocycles. The Bertz CT molecular complexity index is 489. The highest BCUT2D eigenvalue weighted by molar-refractivity contribution is 7.09. The van der Waals surface area contributed by atoms with E-state index in [0.29, 0.717) is 0 Å². The second-order valence-corrected chi connectivity index (χ2v) is 4.85. The van der Waals surface area contributed by atoms with Crippen molar-refractivity contribution in [3.05, 3.63) is 18.3 Å². The Balaban J connectivity index is 2.27. The first-order chi connectivity index (χ1) is 8.08. The molecule has 0 saturated heterocycles. The quantitative estimate of drug-likeness (QED) is 0.829. The summed E-state index contributed by atoms with van der Waals surface area (Å²) in [4.78, 5) is 12.7. The molecule has 0 amide bonds. The van der Waals surface area contributed by atoms with Crippen molar-refractivity contribution in [2.24, 2.45) is 0 Å². The lowest BCUT2D eigenvalue weighted by atomic mass is 10.3. The van der Waals surface area contributed by atoms with Crippen molar-refractivity contribution in [1.29, 1.82) is 0 Å². The standard InChI is InChI=1S/C11H15N5S/c1-15(2)9-6-5-8(7-12-9)10-13-11(14-17-10)16(3)4/h5-7H,1-4H3. The molecule has 0 fully saturated rings. The molecule has 2 aromatic rings. The number of nitrogens with zero attached hydrogens (tertiary/aromatic N) is 5. The van der Waals surface area contributed by atoms with Gasteiger partial charge in [-0.15, -0.1) is 0 Å². The minimum atomic E-state index is 0.738. The van der Waals surface area contributed by atoms with E-state index >= 15 is 0 Å². The van der Waals surface area contributed by atoms with Gasteiger partial charge in [0.15, 0.2) is 0 Å². The van der Waals surface area contributed by atoms with Crippen molar-refractivity contribution < 1.29 is 0 Å². The minimum Gasteiger partial charge on any atom is -0.363 e. The molecular weight excluding hydrogens is 234 g/mol. The van der Waals surface area contributed by atoms with Gasteiger partial charge >= 0.3 is 0 Å². The highest BCUT2D eigenvalue weighted by atomic mass is 32.1. The summed E-state index contributed by atoms with van der Waals surface area (Å²) in [5.41, 5.74) is 1.00. The van der Waals surface area contributed by atoms with Crippen LogP contribution in [0.15, 0.2) is 18.3 Å². The van der Waals surface area contributed by atoms with E-state index in [1.54, 1.807) is 0 Å². The molecule has 17 heavy (non-hydrogen) atoms. The third-order valence-electron chi connectivity index (χ3n) is 2.27. The highest BCUT2D eigenvalue weighted by Crippen LogP contribution is 2.24. The van der Waals surface area contributed by atoms with Crippen LogP contribution in [0.25, 0.3) is 10.6 Å². The second-order valence-electron chi connectivity index (χ2n) is 4.09. The topological polar surface area (TPSA) is 45.2 Å². The molecule has 2 heterocycles. The van der Waals surface area contributed by atoms with Crippen molar-refractivity contribution in [3.63, 3.8) is 0 Å². The van der Waals surface area contributed by atoms with E-state index in [0.717, 1.165) is 22.3 Å². The Kier molecular flexibility index (Phi) is 3.23. The van der Waals surface area contributed by atoms with E-state index in [1.807, 2.05) is 56.3 Å². The molecule has 0 aliphatic carbocycles. The predicted octanol–water partition coefficient (Wildman–Crippen LogP) is 1.73. The Labute approximate surface area is 105 Å². The Morgan fingerprint density at radius 3 is 2.29 bits per heavy atom. The summed E-state index contributed by atoms with van der Waals surface area (Å²) in [6.45, 7) is 0. The van der Waals surface area contributed by atoms with Crippen LogP contribution in [0.4, 0.5) is 11.8 Å². The van der Waals surface area contributed by atoms with Crippen LogP contribution in [0.3, 0.4) is 0 Å². The van der Waals surface area contributed by atoms with Crippen LogP contribution in [0.5, 0.6) is 0 Å². The molecule has 90 valence electrons. The first kappa shape index (κ1) is 11.8. The van der Waals surface area contributed by atoms with Crippen LogP contribution in [-0.2, 0) is 0 Å². The van der Waals surface area contributed by atoms with Gasteiger partial charge in [-0.25, -0.2) is 4.98 Å². The smallest absolute Gasteiger partial charge is 0.237 e. The Morgan fingerprint density at radius 2 is 1.82 bits per heavy atom. The molecule has 0 radical (unpaired) electrons. The maximum Gasteiger partial charge on any atom is 0.237 e. The molecule has 0 bridgehead atoms. The number of hydrogen-bond donors (Lipinski definition) is 0. The van der Waals surface area contributed by atoms with Crippen molar-refractivity contribution in [3.8, 4) is 10.6 Å². The van der Waals surface area contributed by atoms with Gasteiger partial charge in [-0.05, 0) is 23.7 Å². The van der Waals surface area contributed by atoms with E-state index in [9.17, 15) is 0 Å². The van der Waals surface area contributed by atoms with E-state index in [2.05, 4.69) is 14.3 Å². The van der Waals surface area contributed by atoms with Crippen LogP contribution in [-0.4, -0.2) is 42.5 Å². The fourth-order valence-electron chi connectivity index (χ4n) is 1.29. The SMILES string of the molecule is CN(C)c1ccc(-c2nc(N(C)C)ns2)cn1. The highest BCUT2D eigenvalue weighted by Gasteiger charge is 2.08. The molecule has 5 nitrogen and oxygen atoms in total. The van der Waals surface area contributed by atoms with Gasteiger partial charge in [-0.1, -0.05) is 0 Å². The molecule has 0 saturated carbocycles. The van der Waals surface area contributed by atoms with Gasteiger partial charge in [-0.2, -0.15) is 9.36 Å². The zero-order valence-corrected chi connectivity index (χ0v) is 11.2. The first-order valence-electron chi connectivity index (χ1n) is 5.22. The molecule has 0 aliphatic heterocycles. The summed E-state index contributed by atoms with van der Waals surface area (Å²) in [5, 5.41) is 0.895. The lowest BCUT2D eigenvalue weighted by Crippen LogP contribution is -2.10. The lowest BCUT2D eigenvalue weighted by molar-refractivity contribution is 1.04. The van der Waals surface area contributed by atoms with Crippen molar-refractivity contribution >= 4 is 23.3 Å². The maximum atomic E-state index is 4.43. The van der Waals surface area contributed by atoms with E-state index in [1.165, 1.54) is 11.5 Å². The van der Waals surface area contributed by atoms with Crippen molar-refractivity contribution in [2.75, 3.05) is 38.0 Å². The van der Waals surface area contributed by atoms with Crippen molar-refractivity contribution in [1.82, 2.24) is 14.3 Å². The zero-order chi connectivity index (χ0) is 12.4. The summed E-state index contributed by atoms with van der Waals surface area (Å²) in [6, 6.07) is 3.99. The van der Waals surface area contributed by atoms with Gasteiger partial charge in [0, 0.05) is 40.0 Å². The van der Waals surface area contributed by atoms with Gasteiger partial charge in [0.05, 0.1) is 0 Å². The first-order valence-corrected chi connectivity index (χ1v) is 6.00. The fourth-order valence-corrected chi connectivity index (χ4v) is 2.01. The largest absolute Gasteiger partial charge is 0.363 e. The predicted molar refractivity (Wildman–Crippen MR) is 71.8 cm³/mol. The van der Waals surface area contributed by atoms with E-state index in [4.69, 9.17) is 0 Å². The molecule has 2 rings (SSSR count). The number of aromatic nitrogens is 3. The normalized spacial score (nSPS) is 10.4. The summed E-state index contributed by atoms with van der Waals surface area (Å²) < 4.78 is 4.27. The van der Waals surface area contributed by atoms with Gasteiger partial charge in [0.25, 0.3) is 0 Å². The number of rotatable bonds is 3. The third kappa shape index (κ3) is 2.52. The van der Waals surface area contributed by atoms with Crippen molar-refractivity contribution in [2.45, 2.75) is 0 Å². The van der Waals surface area contributed by atoms with Crippen LogP contribution < -0.4 is 9.80 Å². The fraction of sp³-hybridized carbons (Fsp3) is 0.364. The molecular formula is C11H15N5S. The summed E-state index contributed by atoms with van der Waals surface area (Å²) in [7, 11) is 7.80. The van der Waals surface area contributed by atoms with Gasteiger partial charge in [0.1, 0.15) is 10.8 Å². The molecule has 0 unspecified atom stereocenters. The average molecular weight is 249 g/mol. The molecule has 0 spiro atoms. The van der Waals surface area contributed by atoms with Gasteiger partial charge < -0.3 is 9.80 Å². The van der Waals surface area contributed by atoms with E-state index < -0.39 is 0 Å². The lowest BCUT2D eigenvalue weighted by Gasteiger charge is -2.10. The molecule has 2 aromatic heterocycles. The Hall–Kier alpha value is -1.69. The van der Waals surface area contributed by atoms with E-state index in [-0.39, 0.29) is 0 Å². The molecule has 0 N–H and O–H groups in total. The van der Waals surface area contributed by atoms with Crippen LogP contribution in [0, 0.1) is 0 Å². The third-order valence-corrected chi connectivity index (χ3v) is 3.02. The number of pyridine rings is 1. The summed E-state index contributed by atoms with van der Waals surface area (Å²) in [5.74, 6) is 1.67. The number of anilines is 2. The van der Waals surface area contributed by atoms with Crippen LogP contribution in [0.1, 0.15) is 0 Å². The average Bonchev–Trinajstić information content (AvgIpc) is 2.78.